The van der Waals surface area contributed by atoms with E-state index >= 15 is 0 Å². The van der Waals surface area contributed by atoms with Crippen LogP contribution >= 0.6 is 0 Å². The van der Waals surface area contributed by atoms with Gasteiger partial charge in [-0.15, -0.1) is 0 Å². The number of hydrogen-bond donors (Lipinski definition) is 2. The first kappa shape index (κ1) is 13.6. The van der Waals surface area contributed by atoms with Crippen molar-refractivity contribution in [2.24, 2.45) is 7.05 Å². The second kappa shape index (κ2) is 5.03. The highest BCUT2D eigenvalue weighted by atomic mass is 16.4. The van der Waals surface area contributed by atoms with E-state index in [-0.39, 0.29) is 5.91 Å². The summed E-state index contributed by atoms with van der Waals surface area (Å²) in [7, 11) is 1.75. The van der Waals surface area contributed by atoms with Crippen LogP contribution in [0.4, 0.5) is 0 Å². The summed E-state index contributed by atoms with van der Waals surface area (Å²) in [6, 6.07) is 0. The Morgan fingerprint density at radius 2 is 2.11 bits per heavy atom. The highest BCUT2D eigenvalue weighted by molar-refractivity contribution is 5.98. The van der Waals surface area contributed by atoms with E-state index in [1.807, 2.05) is 6.92 Å². The zero-order valence-electron chi connectivity index (χ0n) is 11.3. The van der Waals surface area contributed by atoms with E-state index in [0.29, 0.717) is 30.5 Å². The predicted molar refractivity (Wildman–Crippen MR) is 68.9 cm³/mol. The molecule has 1 aliphatic carbocycles. The van der Waals surface area contributed by atoms with Gasteiger partial charge in [-0.05, 0) is 19.3 Å². The maximum Gasteiger partial charge on any atom is 0.329 e. The molecule has 1 aliphatic rings. The fraction of sp³-hybridized carbons (Fsp3) is 0.615. The van der Waals surface area contributed by atoms with Gasteiger partial charge >= 0.3 is 5.97 Å². The van der Waals surface area contributed by atoms with Gasteiger partial charge in [-0.3, -0.25) is 9.48 Å². The van der Waals surface area contributed by atoms with Crippen LogP contribution in [0.3, 0.4) is 0 Å². The summed E-state index contributed by atoms with van der Waals surface area (Å²) in [4.78, 5) is 23.7. The zero-order valence-corrected chi connectivity index (χ0v) is 11.3. The van der Waals surface area contributed by atoms with E-state index < -0.39 is 11.5 Å². The molecule has 2 N–H and O–H groups in total. The lowest BCUT2D eigenvalue weighted by atomic mass is 9.97. The topological polar surface area (TPSA) is 84.2 Å². The summed E-state index contributed by atoms with van der Waals surface area (Å²) < 4.78 is 1.58. The van der Waals surface area contributed by atoms with E-state index in [4.69, 9.17) is 0 Å². The van der Waals surface area contributed by atoms with Crippen molar-refractivity contribution in [1.82, 2.24) is 15.1 Å². The second-order valence-electron chi connectivity index (χ2n) is 5.07. The minimum absolute atomic E-state index is 0.339. The molecule has 0 aliphatic heterocycles. The Kier molecular flexibility index (Phi) is 3.59. The van der Waals surface area contributed by atoms with Gasteiger partial charge in [0.1, 0.15) is 5.54 Å². The summed E-state index contributed by atoms with van der Waals surface area (Å²) in [6.07, 6.45) is 4.94. The van der Waals surface area contributed by atoms with Crippen LogP contribution in [0.1, 0.15) is 48.7 Å². The Balaban J connectivity index is 2.22. The summed E-state index contributed by atoms with van der Waals surface area (Å²) in [5.41, 5.74) is 0.0637. The van der Waals surface area contributed by atoms with Crippen LogP contribution in [0.2, 0.25) is 0 Å². The van der Waals surface area contributed by atoms with Gasteiger partial charge in [0.05, 0.1) is 11.3 Å². The first-order valence-electron chi connectivity index (χ1n) is 6.57. The van der Waals surface area contributed by atoms with E-state index in [1.165, 1.54) is 0 Å². The van der Waals surface area contributed by atoms with Crippen molar-refractivity contribution in [1.29, 1.82) is 0 Å². The van der Waals surface area contributed by atoms with Crippen molar-refractivity contribution in [2.45, 2.75) is 44.6 Å². The molecule has 0 bridgehead atoms. The SMILES string of the molecule is CCc1nn(C)cc1C(=O)NC1(C(=O)O)CCCC1. The molecule has 1 aromatic rings. The third-order valence-electron chi connectivity index (χ3n) is 3.70. The van der Waals surface area contributed by atoms with Gasteiger partial charge in [-0.2, -0.15) is 5.10 Å². The number of carboxylic acid groups (broad SMARTS) is 1. The summed E-state index contributed by atoms with van der Waals surface area (Å²) in [5, 5.41) is 16.3. The molecule has 19 heavy (non-hydrogen) atoms. The Morgan fingerprint density at radius 1 is 1.47 bits per heavy atom. The largest absolute Gasteiger partial charge is 0.480 e. The third-order valence-corrected chi connectivity index (χ3v) is 3.70. The molecule has 1 heterocycles. The molecule has 104 valence electrons. The number of carboxylic acids is 1. The molecular formula is C13H19N3O3. The second-order valence-corrected chi connectivity index (χ2v) is 5.07. The first-order valence-corrected chi connectivity index (χ1v) is 6.57. The van der Waals surface area contributed by atoms with Crippen LogP contribution in [-0.2, 0) is 18.3 Å². The number of hydrogen-bond acceptors (Lipinski definition) is 3. The molecule has 1 fully saturated rings. The standard InChI is InChI=1S/C13H19N3O3/c1-3-10-9(8-16(2)15-10)11(17)14-13(12(18)19)6-4-5-7-13/h8H,3-7H2,1-2H3,(H,14,17)(H,18,19). The minimum Gasteiger partial charge on any atom is -0.480 e. The minimum atomic E-state index is -1.10. The molecule has 1 saturated carbocycles. The number of nitrogens with zero attached hydrogens (tertiary/aromatic N) is 2. The van der Waals surface area contributed by atoms with E-state index in [2.05, 4.69) is 10.4 Å². The van der Waals surface area contributed by atoms with Crippen LogP contribution in [0.25, 0.3) is 0 Å². The van der Waals surface area contributed by atoms with Gasteiger partial charge in [0.25, 0.3) is 5.91 Å². The Bertz CT molecular complexity index is 501. The maximum absolute atomic E-state index is 12.3. The lowest BCUT2D eigenvalue weighted by Crippen LogP contribution is -2.52. The summed E-state index contributed by atoms with van der Waals surface area (Å²) in [5.74, 6) is -1.28. The molecule has 2 rings (SSSR count). The highest BCUT2D eigenvalue weighted by Crippen LogP contribution is 2.30. The van der Waals surface area contributed by atoms with Crippen molar-refractivity contribution in [3.63, 3.8) is 0 Å². The van der Waals surface area contributed by atoms with Gasteiger partial charge in [-0.1, -0.05) is 19.8 Å². The monoisotopic (exact) mass is 265 g/mol. The number of nitrogens with one attached hydrogen (secondary N) is 1. The van der Waals surface area contributed by atoms with Crippen molar-refractivity contribution < 1.29 is 14.7 Å². The molecule has 0 atom stereocenters. The molecule has 1 amide bonds. The summed E-state index contributed by atoms with van der Waals surface area (Å²) in [6.45, 7) is 1.92. The van der Waals surface area contributed by atoms with Gasteiger partial charge in [0.15, 0.2) is 0 Å². The van der Waals surface area contributed by atoms with Crippen LogP contribution in [0.15, 0.2) is 6.20 Å². The lowest BCUT2D eigenvalue weighted by molar-refractivity contribution is -0.144. The van der Waals surface area contributed by atoms with Gasteiger partial charge in [-0.25, -0.2) is 4.79 Å². The number of amides is 1. The maximum atomic E-state index is 12.3. The Labute approximate surface area is 111 Å². The molecule has 0 spiro atoms. The molecular weight excluding hydrogens is 246 g/mol. The van der Waals surface area contributed by atoms with E-state index in [1.54, 1.807) is 17.9 Å². The fourth-order valence-electron chi connectivity index (χ4n) is 2.64. The smallest absolute Gasteiger partial charge is 0.329 e. The first-order chi connectivity index (χ1) is 8.98. The van der Waals surface area contributed by atoms with Crippen LogP contribution in [0.5, 0.6) is 0 Å². The molecule has 0 saturated heterocycles. The summed E-state index contributed by atoms with van der Waals surface area (Å²) >= 11 is 0. The van der Waals surface area contributed by atoms with Crippen molar-refractivity contribution in [2.75, 3.05) is 0 Å². The number of carbonyl (C=O) groups excluding carboxylic acids is 1. The average molecular weight is 265 g/mol. The van der Waals surface area contributed by atoms with Crippen molar-refractivity contribution >= 4 is 11.9 Å². The molecule has 1 aromatic heterocycles. The fourth-order valence-corrected chi connectivity index (χ4v) is 2.64. The van der Waals surface area contributed by atoms with Gasteiger partial charge < -0.3 is 10.4 Å². The predicted octanol–water partition coefficient (Wildman–Crippen LogP) is 1.11. The average Bonchev–Trinajstić information content (AvgIpc) is 2.96. The number of aryl methyl sites for hydroxylation is 2. The Morgan fingerprint density at radius 3 is 2.63 bits per heavy atom. The molecule has 6 heteroatoms. The molecule has 0 aromatic carbocycles. The van der Waals surface area contributed by atoms with Crippen LogP contribution < -0.4 is 5.32 Å². The van der Waals surface area contributed by atoms with Crippen LogP contribution in [0, 0.1) is 0 Å². The lowest BCUT2D eigenvalue weighted by Gasteiger charge is -2.25. The van der Waals surface area contributed by atoms with Gasteiger partial charge in [0, 0.05) is 13.2 Å². The number of carbonyl (C=O) groups is 2. The zero-order chi connectivity index (χ0) is 14.0. The van der Waals surface area contributed by atoms with Crippen molar-refractivity contribution in [3.8, 4) is 0 Å². The number of rotatable bonds is 4. The molecule has 6 nitrogen and oxygen atoms in total. The van der Waals surface area contributed by atoms with E-state index in [9.17, 15) is 14.7 Å². The third kappa shape index (κ3) is 2.47. The van der Waals surface area contributed by atoms with Crippen molar-refractivity contribution in [3.05, 3.63) is 17.5 Å². The van der Waals surface area contributed by atoms with Gasteiger partial charge in [0.2, 0.25) is 0 Å². The number of aromatic nitrogens is 2. The normalized spacial score (nSPS) is 17.4. The Hall–Kier alpha value is -1.85. The molecule has 0 radical (unpaired) electrons. The quantitative estimate of drug-likeness (QED) is 0.854. The number of aliphatic carboxylic acids is 1. The molecule has 0 unspecified atom stereocenters. The van der Waals surface area contributed by atoms with E-state index in [0.717, 1.165) is 12.8 Å². The highest BCUT2D eigenvalue weighted by Gasteiger charge is 2.43. The van der Waals surface area contributed by atoms with Crippen LogP contribution in [-0.4, -0.2) is 32.3 Å².